The molecule has 0 spiro atoms. The second-order valence-corrected chi connectivity index (χ2v) is 2.48. The van der Waals surface area contributed by atoms with E-state index in [0.717, 1.165) is 17.6 Å². The molecule has 0 saturated carbocycles. The number of rotatable bonds is 4. The summed E-state index contributed by atoms with van der Waals surface area (Å²) in [5.41, 5.74) is 2.03. The Balaban J connectivity index is 0. The third-order valence-electron chi connectivity index (χ3n) is 1.08. The number of carbonyl (C=O) groups excluding carboxylic acids is 1. The van der Waals surface area contributed by atoms with E-state index < -0.39 is 0 Å². The third-order valence-corrected chi connectivity index (χ3v) is 1.08. The molecule has 0 aromatic carbocycles. The first-order valence-electron chi connectivity index (χ1n) is 4.23. The number of allylic oxidation sites excluding steroid dienone is 3. The van der Waals surface area contributed by atoms with Crippen LogP contribution in [0.15, 0.2) is 36.6 Å². The van der Waals surface area contributed by atoms with Crippen LogP contribution >= 0.6 is 0 Å². The molecule has 0 rings (SSSR count). The molecule has 0 aromatic heterocycles. The van der Waals surface area contributed by atoms with Gasteiger partial charge in [-0.05, 0) is 19.1 Å². The molecule has 1 N–H and O–H groups in total. The second kappa shape index (κ2) is 10.7. The Hall–Kier alpha value is -1.31. The van der Waals surface area contributed by atoms with Crippen LogP contribution in [0.4, 0.5) is 0 Å². The van der Waals surface area contributed by atoms with Crippen LogP contribution in [0, 0.1) is 0 Å². The molecule has 0 heterocycles. The van der Waals surface area contributed by atoms with Crippen molar-refractivity contribution in [3.05, 3.63) is 36.6 Å². The summed E-state index contributed by atoms with van der Waals surface area (Å²) >= 11 is 0. The maximum atomic E-state index is 9.17. The summed E-state index contributed by atoms with van der Waals surface area (Å²) in [5.74, 6) is 0. The highest BCUT2D eigenvalue weighted by atomic mass is 16.1. The van der Waals surface area contributed by atoms with E-state index in [1.165, 1.54) is 0 Å². The molecule has 0 aliphatic heterocycles. The Bertz CT molecular complexity index is 192. The van der Waals surface area contributed by atoms with Crippen LogP contribution in [-0.4, -0.2) is 13.3 Å². The highest BCUT2D eigenvalue weighted by molar-refractivity contribution is 5.48. The van der Waals surface area contributed by atoms with Gasteiger partial charge in [-0.15, -0.1) is 0 Å². The molecule has 0 saturated heterocycles. The summed E-state index contributed by atoms with van der Waals surface area (Å²) in [6, 6.07) is 0. The highest BCUT2D eigenvalue weighted by Gasteiger charge is 1.82. The molecule has 13 heavy (non-hydrogen) atoms. The average molecular weight is 181 g/mol. The summed E-state index contributed by atoms with van der Waals surface area (Å²) in [5, 5.41) is 2.97. The van der Waals surface area contributed by atoms with Gasteiger partial charge in [-0.25, -0.2) is 0 Å². The molecular weight excluding hydrogens is 162 g/mol. The lowest BCUT2D eigenvalue weighted by Crippen LogP contribution is -2.02. The minimum Gasteiger partial charge on any atom is -0.388 e. The summed E-state index contributed by atoms with van der Waals surface area (Å²) in [4.78, 5) is 9.17. The average Bonchev–Trinajstić information content (AvgIpc) is 2.14. The normalized spacial score (nSPS) is 9.31. The lowest BCUT2D eigenvalue weighted by Gasteiger charge is -1.97. The van der Waals surface area contributed by atoms with E-state index in [-0.39, 0.29) is 0 Å². The molecule has 0 radical (unpaired) electrons. The Morgan fingerprint density at radius 3 is 2.08 bits per heavy atom. The van der Waals surface area contributed by atoms with E-state index in [0.29, 0.717) is 6.42 Å². The number of likely N-dealkylation sites (N-methyl/N-ethyl adjacent to an activating group) is 1. The molecule has 0 bridgehead atoms. The van der Waals surface area contributed by atoms with Gasteiger partial charge in [0.1, 0.15) is 6.29 Å². The first kappa shape index (κ1) is 14.2. The SMILES string of the molecule is C=C/C(=C\C(=C)C)NC.CCC=O. The standard InChI is InChI=1S/C8H13N.C3H6O/c1-5-8(9-4)6-7(2)3;1-2-3-4/h5-6,9H,1-2H2,3-4H3;3H,2H2,1H3/b8-6+;. The van der Waals surface area contributed by atoms with Crippen molar-refractivity contribution in [3.63, 3.8) is 0 Å². The van der Waals surface area contributed by atoms with Gasteiger partial charge >= 0.3 is 0 Å². The van der Waals surface area contributed by atoms with E-state index in [2.05, 4.69) is 18.5 Å². The molecule has 0 fully saturated rings. The van der Waals surface area contributed by atoms with Crippen LogP contribution in [-0.2, 0) is 4.79 Å². The maximum Gasteiger partial charge on any atom is 0.119 e. The maximum absolute atomic E-state index is 9.17. The van der Waals surface area contributed by atoms with Gasteiger partial charge in [0.2, 0.25) is 0 Å². The van der Waals surface area contributed by atoms with E-state index in [4.69, 9.17) is 0 Å². The fourth-order valence-corrected chi connectivity index (χ4v) is 0.499. The molecule has 0 aromatic rings. The molecule has 0 unspecified atom stereocenters. The number of carbonyl (C=O) groups is 1. The van der Waals surface area contributed by atoms with Gasteiger partial charge in [0.15, 0.2) is 0 Å². The molecule has 0 atom stereocenters. The quantitative estimate of drug-likeness (QED) is 0.533. The Morgan fingerprint density at radius 2 is 2.00 bits per heavy atom. The van der Waals surface area contributed by atoms with Crippen LogP contribution in [0.5, 0.6) is 0 Å². The first-order chi connectivity index (χ1) is 6.12. The monoisotopic (exact) mass is 181 g/mol. The van der Waals surface area contributed by atoms with Crippen LogP contribution in [0.1, 0.15) is 20.3 Å². The minimum atomic E-state index is 0.639. The number of hydrogen-bond donors (Lipinski definition) is 1. The summed E-state index contributed by atoms with van der Waals surface area (Å²) in [6.07, 6.45) is 5.21. The van der Waals surface area contributed by atoms with E-state index >= 15 is 0 Å². The van der Waals surface area contributed by atoms with Gasteiger partial charge in [0.05, 0.1) is 0 Å². The van der Waals surface area contributed by atoms with Crippen LogP contribution in [0.3, 0.4) is 0 Å². The smallest absolute Gasteiger partial charge is 0.119 e. The van der Waals surface area contributed by atoms with Gasteiger partial charge in [0.25, 0.3) is 0 Å². The Kier molecular flexibility index (Phi) is 11.7. The molecule has 0 aliphatic rings. The van der Waals surface area contributed by atoms with Crippen molar-refractivity contribution in [2.45, 2.75) is 20.3 Å². The largest absolute Gasteiger partial charge is 0.388 e. The van der Waals surface area contributed by atoms with Crippen molar-refractivity contribution in [1.82, 2.24) is 5.32 Å². The summed E-state index contributed by atoms with van der Waals surface area (Å²) < 4.78 is 0. The summed E-state index contributed by atoms with van der Waals surface area (Å²) in [7, 11) is 1.86. The number of hydrogen-bond acceptors (Lipinski definition) is 2. The van der Waals surface area contributed by atoms with E-state index in [9.17, 15) is 4.79 Å². The lowest BCUT2D eigenvalue weighted by atomic mass is 10.3. The third kappa shape index (κ3) is 13.7. The first-order valence-corrected chi connectivity index (χ1v) is 4.23. The molecule has 0 aliphatic carbocycles. The lowest BCUT2D eigenvalue weighted by molar-refractivity contribution is -0.107. The highest BCUT2D eigenvalue weighted by Crippen LogP contribution is 1.95. The predicted octanol–water partition coefficient (Wildman–Crippen LogP) is 2.45. The van der Waals surface area contributed by atoms with Gasteiger partial charge in [-0.2, -0.15) is 0 Å². The van der Waals surface area contributed by atoms with Crippen LogP contribution in [0.25, 0.3) is 0 Å². The van der Waals surface area contributed by atoms with Crippen molar-refractivity contribution in [2.24, 2.45) is 0 Å². The zero-order valence-electron chi connectivity index (χ0n) is 8.76. The minimum absolute atomic E-state index is 0.639. The molecule has 2 nitrogen and oxygen atoms in total. The van der Waals surface area contributed by atoms with Gasteiger partial charge in [-0.3, -0.25) is 0 Å². The van der Waals surface area contributed by atoms with E-state index in [1.54, 1.807) is 6.08 Å². The number of aldehydes is 1. The topological polar surface area (TPSA) is 29.1 Å². The van der Waals surface area contributed by atoms with Crippen LogP contribution in [0.2, 0.25) is 0 Å². The van der Waals surface area contributed by atoms with Crippen molar-refractivity contribution < 1.29 is 4.79 Å². The Morgan fingerprint density at radius 1 is 1.54 bits per heavy atom. The molecule has 2 heteroatoms. The van der Waals surface area contributed by atoms with E-state index in [1.807, 2.05) is 27.0 Å². The van der Waals surface area contributed by atoms with Crippen molar-refractivity contribution in [2.75, 3.05) is 7.05 Å². The van der Waals surface area contributed by atoms with Crippen molar-refractivity contribution in [3.8, 4) is 0 Å². The molecule has 0 amide bonds. The van der Waals surface area contributed by atoms with Gasteiger partial charge in [0, 0.05) is 19.2 Å². The Labute approximate surface area is 81.0 Å². The van der Waals surface area contributed by atoms with Gasteiger partial charge < -0.3 is 10.1 Å². The zero-order valence-corrected chi connectivity index (χ0v) is 8.76. The second-order valence-electron chi connectivity index (χ2n) is 2.48. The fraction of sp³-hybridized carbons (Fsp3) is 0.364. The predicted molar refractivity (Wildman–Crippen MR) is 58.5 cm³/mol. The zero-order chi connectivity index (χ0) is 10.7. The molecule has 74 valence electrons. The number of nitrogens with one attached hydrogen (secondary N) is 1. The van der Waals surface area contributed by atoms with Crippen molar-refractivity contribution >= 4 is 6.29 Å². The van der Waals surface area contributed by atoms with Crippen LogP contribution < -0.4 is 5.32 Å². The molecular formula is C11H19NO. The van der Waals surface area contributed by atoms with Crippen molar-refractivity contribution in [1.29, 1.82) is 0 Å². The van der Waals surface area contributed by atoms with Gasteiger partial charge in [-0.1, -0.05) is 25.7 Å². The fourth-order valence-electron chi connectivity index (χ4n) is 0.499. The summed E-state index contributed by atoms with van der Waals surface area (Å²) in [6.45, 7) is 11.1.